The van der Waals surface area contributed by atoms with Crippen molar-refractivity contribution in [1.29, 1.82) is 5.26 Å². The standard InChI is InChI=1S/C23H17FN2O4S/c24-16-6-8-17(9-7-16)26(11-3-10-25)21(27)14-30-23(28)20-12-15-13-29-19-5-2-1-4-18(19)22(15)31-20/h1-2,4-9,12H,3,11,13-14H2. The fourth-order valence-electron chi connectivity index (χ4n) is 3.26. The van der Waals surface area contributed by atoms with E-state index in [1.54, 1.807) is 6.07 Å². The molecule has 0 N–H and O–H groups in total. The van der Waals surface area contributed by atoms with Crippen molar-refractivity contribution >= 4 is 28.9 Å². The number of para-hydroxylation sites is 1. The Labute approximate surface area is 182 Å². The molecule has 0 radical (unpaired) electrons. The molecular formula is C23H17FN2O4S. The summed E-state index contributed by atoms with van der Waals surface area (Å²) in [5, 5.41) is 8.86. The molecule has 1 amide bonds. The second kappa shape index (κ2) is 8.98. The number of fused-ring (bicyclic) bond motifs is 3. The molecule has 6 nitrogen and oxygen atoms in total. The molecule has 0 unspecified atom stereocenters. The maximum Gasteiger partial charge on any atom is 0.348 e. The molecule has 2 heterocycles. The zero-order chi connectivity index (χ0) is 21.8. The van der Waals surface area contributed by atoms with Crippen LogP contribution >= 0.6 is 11.3 Å². The lowest BCUT2D eigenvalue weighted by Gasteiger charge is -2.21. The number of nitrogens with zero attached hydrogens (tertiary/aromatic N) is 2. The van der Waals surface area contributed by atoms with Gasteiger partial charge in [0.1, 0.15) is 23.1 Å². The van der Waals surface area contributed by atoms with Crippen molar-refractivity contribution in [3.05, 3.63) is 70.9 Å². The Balaban J connectivity index is 1.45. The van der Waals surface area contributed by atoms with Gasteiger partial charge < -0.3 is 14.4 Å². The third kappa shape index (κ3) is 4.42. The first-order chi connectivity index (χ1) is 15.1. The second-order valence-corrected chi connectivity index (χ2v) is 7.81. The minimum Gasteiger partial charge on any atom is -0.488 e. The highest BCUT2D eigenvalue weighted by Gasteiger charge is 2.24. The lowest BCUT2D eigenvalue weighted by atomic mass is 10.1. The van der Waals surface area contributed by atoms with E-state index < -0.39 is 24.3 Å². The summed E-state index contributed by atoms with van der Waals surface area (Å²) in [6, 6.07) is 16.6. The van der Waals surface area contributed by atoms with Crippen LogP contribution in [0.1, 0.15) is 21.7 Å². The van der Waals surface area contributed by atoms with Crippen molar-refractivity contribution in [2.75, 3.05) is 18.1 Å². The molecule has 1 aromatic heterocycles. The molecule has 0 saturated heterocycles. The average molecular weight is 436 g/mol. The number of anilines is 1. The number of esters is 1. The quantitative estimate of drug-likeness (QED) is 0.530. The molecular weight excluding hydrogens is 419 g/mol. The Morgan fingerprint density at radius 1 is 1.19 bits per heavy atom. The lowest BCUT2D eigenvalue weighted by Crippen LogP contribution is -2.35. The van der Waals surface area contributed by atoms with Gasteiger partial charge in [-0.1, -0.05) is 12.1 Å². The number of thiophene rings is 1. The van der Waals surface area contributed by atoms with Crippen LogP contribution in [0, 0.1) is 17.1 Å². The maximum absolute atomic E-state index is 13.2. The van der Waals surface area contributed by atoms with E-state index in [1.165, 1.54) is 40.5 Å². The zero-order valence-electron chi connectivity index (χ0n) is 16.3. The average Bonchev–Trinajstić information content (AvgIpc) is 3.24. The number of benzene rings is 2. The second-order valence-electron chi connectivity index (χ2n) is 6.76. The summed E-state index contributed by atoms with van der Waals surface area (Å²) in [7, 11) is 0. The van der Waals surface area contributed by atoms with Gasteiger partial charge >= 0.3 is 5.97 Å². The predicted octanol–water partition coefficient (Wildman–Crippen LogP) is 4.55. The Morgan fingerprint density at radius 2 is 1.97 bits per heavy atom. The highest BCUT2D eigenvalue weighted by Crippen LogP contribution is 2.42. The molecule has 31 heavy (non-hydrogen) atoms. The first-order valence-corrected chi connectivity index (χ1v) is 10.3. The smallest absolute Gasteiger partial charge is 0.348 e. The molecule has 8 heteroatoms. The first kappa shape index (κ1) is 20.6. The largest absolute Gasteiger partial charge is 0.488 e. The normalized spacial score (nSPS) is 11.5. The summed E-state index contributed by atoms with van der Waals surface area (Å²) in [5.41, 5.74) is 2.24. The van der Waals surface area contributed by atoms with E-state index in [0.717, 1.165) is 21.8 Å². The van der Waals surface area contributed by atoms with Crippen LogP contribution in [-0.4, -0.2) is 25.0 Å². The molecule has 0 aliphatic carbocycles. The summed E-state index contributed by atoms with van der Waals surface area (Å²) < 4.78 is 24.2. The van der Waals surface area contributed by atoms with Crippen LogP contribution in [0.15, 0.2) is 54.6 Å². The summed E-state index contributed by atoms with van der Waals surface area (Å²) in [6.45, 7) is -0.0151. The van der Waals surface area contributed by atoms with Gasteiger partial charge in [0, 0.05) is 28.2 Å². The van der Waals surface area contributed by atoms with Crippen molar-refractivity contribution in [2.24, 2.45) is 0 Å². The number of hydrogen-bond donors (Lipinski definition) is 0. The van der Waals surface area contributed by atoms with Crippen LogP contribution in [0.5, 0.6) is 5.75 Å². The molecule has 4 rings (SSSR count). The fraction of sp³-hybridized carbons (Fsp3) is 0.174. The number of ether oxygens (including phenoxy) is 2. The summed E-state index contributed by atoms with van der Waals surface area (Å²) in [6.07, 6.45) is 0.0914. The number of hydrogen-bond acceptors (Lipinski definition) is 6. The Bertz CT molecular complexity index is 1170. The van der Waals surface area contributed by atoms with Gasteiger partial charge in [0.15, 0.2) is 6.61 Å². The SMILES string of the molecule is N#CCCN(C(=O)COC(=O)c1cc2c(s1)-c1ccccc1OC2)c1ccc(F)cc1. The van der Waals surface area contributed by atoms with Crippen LogP contribution in [0.25, 0.3) is 10.4 Å². The van der Waals surface area contributed by atoms with Gasteiger partial charge in [-0.25, -0.2) is 9.18 Å². The highest BCUT2D eigenvalue weighted by molar-refractivity contribution is 7.17. The number of rotatable bonds is 6. The molecule has 0 atom stereocenters. The van der Waals surface area contributed by atoms with Crippen LogP contribution in [0.2, 0.25) is 0 Å². The van der Waals surface area contributed by atoms with Gasteiger partial charge in [0.2, 0.25) is 0 Å². The minimum atomic E-state index is -0.607. The van der Waals surface area contributed by atoms with E-state index >= 15 is 0 Å². The van der Waals surface area contributed by atoms with Gasteiger partial charge in [-0.15, -0.1) is 11.3 Å². The Hall–Kier alpha value is -3.70. The minimum absolute atomic E-state index is 0.0914. The van der Waals surface area contributed by atoms with E-state index in [4.69, 9.17) is 14.7 Å². The third-order valence-electron chi connectivity index (χ3n) is 4.74. The van der Waals surface area contributed by atoms with Crippen molar-refractivity contribution in [3.8, 4) is 22.3 Å². The third-order valence-corrected chi connectivity index (χ3v) is 5.93. The van der Waals surface area contributed by atoms with Crippen molar-refractivity contribution in [2.45, 2.75) is 13.0 Å². The first-order valence-electron chi connectivity index (χ1n) is 9.51. The zero-order valence-corrected chi connectivity index (χ0v) is 17.2. The van der Waals surface area contributed by atoms with Crippen LogP contribution in [0.4, 0.5) is 10.1 Å². The monoisotopic (exact) mass is 436 g/mol. The van der Waals surface area contributed by atoms with Gasteiger partial charge in [0.25, 0.3) is 5.91 Å². The molecule has 3 aromatic rings. The molecule has 1 aliphatic heterocycles. The topological polar surface area (TPSA) is 79.6 Å². The van der Waals surface area contributed by atoms with E-state index in [9.17, 15) is 14.0 Å². The van der Waals surface area contributed by atoms with Gasteiger partial charge in [0.05, 0.1) is 12.5 Å². The molecule has 156 valence electrons. The molecule has 0 bridgehead atoms. The summed E-state index contributed by atoms with van der Waals surface area (Å²) in [5.74, 6) is -0.774. The maximum atomic E-state index is 13.2. The van der Waals surface area contributed by atoms with Crippen molar-refractivity contribution < 1.29 is 23.5 Å². The molecule has 0 saturated carbocycles. The van der Waals surface area contributed by atoms with E-state index in [0.29, 0.717) is 17.2 Å². The highest BCUT2D eigenvalue weighted by atomic mass is 32.1. The number of carbonyl (C=O) groups excluding carboxylic acids is 2. The Kier molecular flexibility index (Phi) is 5.96. The van der Waals surface area contributed by atoms with E-state index in [-0.39, 0.29) is 13.0 Å². The molecule has 2 aromatic carbocycles. The Morgan fingerprint density at radius 3 is 2.74 bits per heavy atom. The molecule has 1 aliphatic rings. The predicted molar refractivity (Wildman–Crippen MR) is 113 cm³/mol. The van der Waals surface area contributed by atoms with Gasteiger partial charge in [-0.2, -0.15) is 5.26 Å². The number of amides is 1. The number of nitriles is 1. The van der Waals surface area contributed by atoms with Gasteiger partial charge in [-0.05, 0) is 42.5 Å². The van der Waals surface area contributed by atoms with Crippen LogP contribution in [0.3, 0.4) is 0 Å². The van der Waals surface area contributed by atoms with E-state index in [2.05, 4.69) is 0 Å². The molecule has 0 fully saturated rings. The van der Waals surface area contributed by atoms with Crippen molar-refractivity contribution in [1.82, 2.24) is 0 Å². The molecule has 0 spiro atoms. The summed E-state index contributed by atoms with van der Waals surface area (Å²) >= 11 is 1.29. The van der Waals surface area contributed by atoms with Gasteiger partial charge in [-0.3, -0.25) is 4.79 Å². The number of halogens is 1. The van der Waals surface area contributed by atoms with Crippen LogP contribution in [-0.2, 0) is 16.1 Å². The summed E-state index contributed by atoms with van der Waals surface area (Å²) in [4.78, 5) is 27.9. The fourth-order valence-corrected chi connectivity index (χ4v) is 4.35. The lowest BCUT2D eigenvalue weighted by molar-refractivity contribution is -0.121. The van der Waals surface area contributed by atoms with E-state index in [1.807, 2.05) is 30.3 Å². The number of carbonyl (C=O) groups is 2. The van der Waals surface area contributed by atoms with Crippen molar-refractivity contribution in [3.63, 3.8) is 0 Å². The van der Waals surface area contributed by atoms with Crippen LogP contribution < -0.4 is 9.64 Å².